The molecule has 0 aliphatic carbocycles. The first-order valence-electron chi connectivity index (χ1n) is 5.87. The van der Waals surface area contributed by atoms with E-state index in [1.165, 1.54) is 13.4 Å². The van der Waals surface area contributed by atoms with Gasteiger partial charge in [0.25, 0.3) is 0 Å². The Bertz CT molecular complexity index is 573. The van der Waals surface area contributed by atoms with Crippen molar-refractivity contribution < 1.29 is 14.4 Å². The second kappa shape index (κ2) is 4.90. The largest absolute Gasteiger partial charge is 0.481 e. The number of methoxy groups -OCH3 is 1. The molecule has 0 aromatic carbocycles. The average Bonchev–Trinajstić information content (AvgIpc) is 3.07. The molecule has 0 unspecified atom stereocenters. The lowest BCUT2D eigenvalue weighted by molar-refractivity contribution is 0.191. The van der Waals surface area contributed by atoms with E-state index >= 15 is 0 Å². The lowest BCUT2D eigenvalue weighted by Crippen LogP contribution is -2.15. The van der Waals surface area contributed by atoms with E-state index in [4.69, 9.17) is 9.26 Å². The highest BCUT2D eigenvalue weighted by molar-refractivity contribution is 5.49. The van der Waals surface area contributed by atoms with E-state index in [-0.39, 0.29) is 12.1 Å². The maximum absolute atomic E-state index is 9.46. The van der Waals surface area contributed by atoms with Crippen molar-refractivity contribution in [1.82, 2.24) is 25.4 Å². The van der Waals surface area contributed by atoms with E-state index in [0.717, 1.165) is 0 Å². The molecule has 0 radical (unpaired) electrons. The van der Waals surface area contributed by atoms with Crippen molar-refractivity contribution in [3.8, 4) is 17.4 Å². The fraction of sp³-hybridized carbons (Fsp3) is 0.455. The molecule has 0 amide bonds. The highest BCUT2D eigenvalue weighted by atomic mass is 16.5. The predicted octanol–water partition coefficient (Wildman–Crippen LogP) is -0.0695. The Labute approximate surface area is 108 Å². The van der Waals surface area contributed by atoms with Crippen molar-refractivity contribution in [2.45, 2.75) is 18.6 Å². The molecule has 1 fully saturated rings. The fourth-order valence-corrected chi connectivity index (χ4v) is 1.96. The summed E-state index contributed by atoms with van der Waals surface area (Å²) in [6.07, 6.45) is 1.57. The van der Waals surface area contributed by atoms with Gasteiger partial charge in [-0.15, -0.1) is 0 Å². The molecular formula is C11H13N5O3. The molecule has 2 aromatic heterocycles. The van der Waals surface area contributed by atoms with E-state index < -0.39 is 0 Å². The Hall–Kier alpha value is -2.06. The smallest absolute Gasteiger partial charge is 0.244 e. The van der Waals surface area contributed by atoms with Crippen LogP contribution in [0.4, 0.5) is 0 Å². The minimum atomic E-state index is -0.375. The van der Waals surface area contributed by atoms with Gasteiger partial charge >= 0.3 is 0 Å². The number of aromatic nitrogens is 4. The van der Waals surface area contributed by atoms with Crippen molar-refractivity contribution in [2.24, 2.45) is 0 Å². The maximum Gasteiger partial charge on any atom is 0.244 e. The third-order valence-corrected chi connectivity index (χ3v) is 2.93. The van der Waals surface area contributed by atoms with E-state index in [1.807, 2.05) is 0 Å². The van der Waals surface area contributed by atoms with Gasteiger partial charge in [0, 0.05) is 12.6 Å². The number of aliphatic hydroxyl groups is 1. The number of hydrogen-bond acceptors (Lipinski definition) is 8. The maximum atomic E-state index is 9.46. The molecule has 0 saturated carbocycles. The minimum Gasteiger partial charge on any atom is -0.481 e. The number of ether oxygens (including phenoxy) is 1. The highest BCUT2D eigenvalue weighted by Gasteiger charge is 2.28. The van der Waals surface area contributed by atoms with Crippen molar-refractivity contribution in [2.75, 3.05) is 13.7 Å². The lowest BCUT2D eigenvalue weighted by atomic mass is 10.2. The van der Waals surface area contributed by atoms with Gasteiger partial charge in [-0.1, -0.05) is 5.16 Å². The summed E-state index contributed by atoms with van der Waals surface area (Å²) in [5, 5.41) is 16.4. The Morgan fingerprint density at radius 1 is 1.47 bits per heavy atom. The zero-order valence-corrected chi connectivity index (χ0v) is 10.3. The number of aliphatic hydroxyl groups excluding tert-OH is 1. The minimum absolute atomic E-state index is 0.111. The number of hydrogen-bond donors (Lipinski definition) is 2. The molecule has 8 heteroatoms. The van der Waals surface area contributed by atoms with Crippen molar-refractivity contribution in [1.29, 1.82) is 0 Å². The first kappa shape index (κ1) is 12.0. The number of nitrogens with zero attached hydrogens (tertiary/aromatic N) is 4. The molecule has 2 atom stereocenters. The van der Waals surface area contributed by atoms with E-state index in [9.17, 15) is 5.11 Å². The van der Waals surface area contributed by atoms with Crippen LogP contribution in [0.25, 0.3) is 11.5 Å². The van der Waals surface area contributed by atoms with Gasteiger partial charge < -0.3 is 19.7 Å². The first-order chi connectivity index (χ1) is 9.26. The zero-order chi connectivity index (χ0) is 13.2. The van der Waals surface area contributed by atoms with Crippen LogP contribution in [0.2, 0.25) is 0 Å². The molecule has 1 aliphatic rings. The van der Waals surface area contributed by atoms with Gasteiger partial charge in [0.05, 0.1) is 19.3 Å². The third kappa shape index (κ3) is 2.40. The van der Waals surface area contributed by atoms with Crippen molar-refractivity contribution in [3.63, 3.8) is 0 Å². The predicted molar refractivity (Wildman–Crippen MR) is 63.2 cm³/mol. The van der Waals surface area contributed by atoms with Gasteiger partial charge in [0.1, 0.15) is 12.0 Å². The molecule has 1 saturated heterocycles. The van der Waals surface area contributed by atoms with Crippen LogP contribution in [0.5, 0.6) is 5.88 Å². The quantitative estimate of drug-likeness (QED) is 0.792. The summed E-state index contributed by atoms with van der Waals surface area (Å²) in [4.78, 5) is 12.3. The molecule has 3 rings (SSSR count). The summed E-state index contributed by atoms with van der Waals surface area (Å²) in [7, 11) is 1.53. The summed E-state index contributed by atoms with van der Waals surface area (Å²) in [5.74, 6) is 1.26. The monoisotopic (exact) mass is 263 g/mol. The Kier molecular flexibility index (Phi) is 3.10. The highest BCUT2D eigenvalue weighted by Crippen LogP contribution is 2.24. The summed E-state index contributed by atoms with van der Waals surface area (Å²) < 4.78 is 10.2. The van der Waals surface area contributed by atoms with Crippen LogP contribution in [0.3, 0.4) is 0 Å². The van der Waals surface area contributed by atoms with E-state index in [2.05, 4.69) is 25.4 Å². The van der Waals surface area contributed by atoms with Gasteiger partial charge in [-0.25, -0.2) is 9.97 Å². The van der Waals surface area contributed by atoms with E-state index in [0.29, 0.717) is 36.3 Å². The second-order valence-electron chi connectivity index (χ2n) is 4.25. The molecule has 0 spiro atoms. The summed E-state index contributed by atoms with van der Waals surface area (Å²) in [6, 6.07) is 1.52. The standard InChI is InChI=1S/C11H13N5O3/c1-18-9-3-7(13-5-14-9)10-15-11(19-16-10)8-2-6(17)4-12-8/h3,5-6,8,12,17H,2,4H2,1H3/t6-,8+/m1/s1. The average molecular weight is 263 g/mol. The SMILES string of the molecule is COc1cc(-c2noc([C@@H]3C[C@@H](O)CN3)n2)ncn1. The fourth-order valence-electron chi connectivity index (χ4n) is 1.96. The van der Waals surface area contributed by atoms with Gasteiger partial charge in [-0.05, 0) is 6.42 Å². The molecule has 19 heavy (non-hydrogen) atoms. The van der Waals surface area contributed by atoms with Crippen LogP contribution in [0.1, 0.15) is 18.4 Å². The summed E-state index contributed by atoms with van der Waals surface area (Å²) >= 11 is 0. The number of nitrogens with one attached hydrogen (secondary N) is 1. The molecule has 8 nitrogen and oxygen atoms in total. The third-order valence-electron chi connectivity index (χ3n) is 2.93. The first-order valence-corrected chi connectivity index (χ1v) is 5.87. The van der Waals surface area contributed by atoms with Crippen molar-refractivity contribution >= 4 is 0 Å². The van der Waals surface area contributed by atoms with Gasteiger partial charge in [-0.2, -0.15) is 4.98 Å². The van der Waals surface area contributed by atoms with Crippen LogP contribution < -0.4 is 10.1 Å². The molecule has 100 valence electrons. The Balaban J connectivity index is 1.84. The summed E-state index contributed by atoms with van der Waals surface area (Å²) in [6.45, 7) is 0.531. The molecule has 0 bridgehead atoms. The Morgan fingerprint density at radius 3 is 3.11 bits per heavy atom. The molecule has 2 aromatic rings. The van der Waals surface area contributed by atoms with Gasteiger partial charge in [-0.3, -0.25) is 0 Å². The van der Waals surface area contributed by atoms with Crippen LogP contribution in [0, 0.1) is 0 Å². The molecule has 3 heterocycles. The zero-order valence-electron chi connectivity index (χ0n) is 10.3. The van der Waals surface area contributed by atoms with E-state index in [1.54, 1.807) is 6.07 Å². The van der Waals surface area contributed by atoms with Crippen LogP contribution in [0.15, 0.2) is 16.9 Å². The molecular weight excluding hydrogens is 250 g/mol. The van der Waals surface area contributed by atoms with Gasteiger partial charge in [0.2, 0.25) is 17.6 Å². The number of β-amino-alcohol motifs (C(OH)–C–C–N with tert-alkyl or cyclic N) is 1. The number of rotatable bonds is 3. The molecule has 2 N–H and O–H groups in total. The molecule has 1 aliphatic heterocycles. The van der Waals surface area contributed by atoms with Crippen LogP contribution in [-0.4, -0.2) is 45.0 Å². The van der Waals surface area contributed by atoms with Gasteiger partial charge in [0.15, 0.2) is 0 Å². The normalized spacial score (nSPS) is 22.6. The van der Waals surface area contributed by atoms with Crippen molar-refractivity contribution in [3.05, 3.63) is 18.3 Å². The topological polar surface area (TPSA) is 106 Å². The second-order valence-corrected chi connectivity index (χ2v) is 4.25. The van der Waals surface area contributed by atoms with Crippen LogP contribution in [-0.2, 0) is 0 Å². The lowest BCUT2D eigenvalue weighted by Gasteiger charge is -2.01. The summed E-state index contributed by atoms with van der Waals surface area (Å²) in [5.41, 5.74) is 0.528. The van der Waals surface area contributed by atoms with Crippen LogP contribution >= 0.6 is 0 Å². The Morgan fingerprint density at radius 2 is 2.37 bits per heavy atom.